The molecular formula is C17H24N4O. The van der Waals surface area contributed by atoms with Gasteiger partial charge in [0.05, 0.1) is 25.5 Å². The van der Waals surface area contributed by atoms with Crippen LogP contribution < -0.4 is 5.32 Å². The molecule has 0 aliphatic carbocycles. The van der Waals surface area contributed by atoms with Crippen LogP contribution in [0.4, 0.5) is 5.69 Å². The fraction of sp³-hybridized carbons (Fsp3) is 0.471. The van der Waals surface area contributed by atoms with Crippen LogP contribution in [0, 0.1) is 6.92 Å². The fourth-order valence-electron chi connectivity index (χ4n) is 2.72. The highest BCUT2D eigenvalue weighted by Gasteiger charge is 2.11. The van der Waals surface area contributed by atoms with Crippen LogP contribution in [-0.2, 0) is 24.9 Å². The summed E-state index contributed by atoms with van der Waals surface area (Å²) in [5, 5.41) is 7.90. The number of nitrogens with one attached hydrogen (secondary N) is 1. The SMILES string of the molecule is Cc1ccc(CN2CCOCC2)cc1NCc1ccn(C)n1. The second-order valence-electron chi connectivity index (χ2n) is 5.87. The van der Waals surface area contributed by atoms with Crippen LogP contribution in [0.1, 0.15) is 16.8 Å². The number of ether oxygens (including phenoxy) is 1. The number of benzene rings is 1. The zero-order valence-electron chi connectivity index (χ0n) is 13.4. The van der Waals surface area contributed by atoms with E-state index in [2.05, 4.69) is 40.4 Å². The summed E-state index contributed by atoms with van der Waals surface area (Å²) in [5.74, 6) is 0. The van der Waals surface area contributed by atoms with E-state index in [4.69, 9.17) is 4.74 Å². The van der Waals surface area contributed by atoms with E-state index in [9.17, 15) is 0 Å². The van der Waals surface area contributed by atoms with Gasteiger partial charge in [-0.3, -0.25) is 9.58 Å². The molecule has 0 saturated carbocycles. The zero-order valence-corrected chi connectivity index (χ0v) is 13.4. The summed E-state index contributed by atoms with van der Waals surface area (Å²) in [6.45, 7) is 7.60. The number of aryl methyl sites for hydroxylation is 2. The molecule has 0 radical (unpaired) electrons. The molecule has 1 aromatic carbocycles. The van der Waals surface area contributed by atoms with Crippen LogP contribution in [0.15, 0.2) is 30.5 Å². The van der Waals surface area contributed by atoms with E-state index in [0.717, 1.165) is 45.1 Å². The molecule has 1 saturated heterocycles. The molecular weight excluding hydrogens is 276 g/mol. The van der Waals surface area contributed by atoms with Gasteiger partial charge in [0.1, 0.15) is 0 Å². The van der Waals surface area contributed by atoms with E-state index in [-0.39, 0.29) is 0 Å². The van der Waals surface area contributed by atoms with Crippen molar-refractivity contribution in [3.63, 3.8) is 0 Å². The summed E-state index contributed by atoms with van der Waals surface area (Å²) in [4.78, 5) is 2.44. The summed E-state index contributed by atoms with van der Waals surface area (Å²) in [6, 6.07) is 8.71. The summed E-state index contributed by atoms with van der Waals surface area (Å²) in [6.07, 6.45) is 1.97. The number of rotatable bonds is 5. The highest BCUT2D eigenvalue weighted by atomic mass is 16.5. The lowest BCUT2D eigenvalue weighted by Gasteiger charge is -2.26. The first kappa shape index (κ1) is 15.1. The fourth-order valence-corrected chi connectivity index (χ4v) is 2.72. The summed E-state index contributed by atoms with van der Waals surface area (Å²) >= 11 is 0. The number of hydrogen-bond donors (Lipinski definition) is 1. The Morgan fingerprint density at radius 3 is 2.77 bits per heavy atom. The minimum Gasteiger partial charge on any atom is -0.379 e. The predicted molar refractivity (Wildman–Crippen MR) is 87.8 cm³/mol. The van der Waals surface area contributed by atoms with Crippen molar-refractivity contribution in [2.24, 2.45) is 7.05 Å². The second-order valence-corrected chi connectivity index (χ2v) is 5.87. The molecule has 5 nitrogen and oxygen atoms in total. The van der Waals surface area contributed by atoms with Crippen molar-refractivity contribution in [2.45, 2.75) is 20.0 Å². The minimum atomic E-state index is 0.753. The van der Waals surface area contributed by atoms with Crippen LogP contribution in [0.3, 0.4) is 0 Å². The smallest absolute Gasteiger partial charge is 0.0815 e. The lowest BCUT2D eigenvalue weighted by molar-refractivity contribution is 0.0342. The molecule has 0 bridgehead atoms. The van der Waals surface area contributed by atoms with Gasteiger partial charge in [0, 0.05) is 38.6 Å². The van der Waals surface area contributed by atoms with Crippen LogP contribution in [-0.4, -0.2) is 41.0 Å². The van der Waals surface area contributed by atoms with Crippen LogP contribution >= 0.6 is 0 Å². The Morgan fingerprint density at radius 2 is 2.05 bits per heavy atom. The highest BCUT2D eigenvalue weighted by molar-refractivity contribution is 5.52. The monoisotopic (exact) mass is 300 g/mol. The largest absolute Gasteiger partial charge is 0.379 e. The summed E-state index contributed by atoms with van der Waals surface area (Å²) in [5.41, 5.74) is 4.86. The van der Waals surface area contributed by atoms with Crippen molar-refractivity contribution in [1.29, 1.82) is 0 Å². The minimum absolute atomic E-state index is 0.753. The van der Waals surface area contributed by atoms with E-state index in [1.807, 2.05) is 24.0 Å². The van der Waals surface area contributed by atoms with E-state index < -0.39 is 0 Å². The van der Waals surface area contributed by atoms with E-state index in [0.29, 0.717) is 0 Å². The van der Waals surface area contributed by atoms with Crippen molar-refractivity contribution >= 4 is 5.69 Å². The van der Waals surface area contributed by atoms with Gasteiger partial charge in [-0.15, -0.1) is 0 Å². The number of anilines is 1. The molecule has 0 atom stereocenters. The quantitative estimate of drug-likeness (QED) is 0.919. The Kier molecular flexibility index (Phi) is 4.75. The van der Waals surface area contributed by atoms with E-state index >= 15 is 0 Å². The molecule has 2 aromatic rings. The molecule has 1 aliphatic heterocycles. The third-order valence-corrected chi connectivity index (χ3v) is 4.04. The average molecular weight is 300 g/mol. The summed E-state index contributed by atoms with van der Waals surface area (Å²) < 4.78 is 7.24. The predicted octanol–water partition coefficient (Wildman–Crippen LogP) is 2.17. The maximum absolute atomic E-state index is 5.41. The maximum Gasteiger partial charge on any atom is 0.0815 e. The number of nitrogens with zero attached hydrogens (tertiary/aromatic N) is 3. The Hall–Kier alpha value is -1.85. The van der Waals surface area contributed by atoms with Crippen molar-refractivity contribution in [3.05, 3.63) is 47.3 Å². The molecule has 1 N–H and O–H groups in total. The normalized spacial score (nSPS) is 15.9. The Balaban J connectivity index is 1.64. The van der Waals surface area contributed by atoms with Crippen molar-refractivity contribution in [3.8, 4) is 0 Å². The first-order valence-electron chi connectivity index (χ1n) is 7.83. The molecule has 5 heteroatoms. The van der Waals surface area contributed by atoms with Gasteiger partial charge in [-0.1, -0.05) is 12.1 Å². The van der Waals surface area contributed by atoms with Gasteiger partial charge in [0.15, 0.2) is 0 Å². The van der Waals surface area contributed by atoms with Gasteiger partial charge in [-0.05, 0) is 30.2 Å². The molecule has 22 heavy (non-hydrogen) atoms. The average Bonchev–Trinajstić information content (AvgIpc) is 2.94. The van der Waals surface area contributed by atoms with Crippen molar-refractivity contribution < 1.29 is 4.74 Å². The Morgan fingerprint density at radius 1 is 1.23 bits per heavy atom. The van der Waals surface area contributed by atoms with Crippen molar-refractivity contribution in [1.82, 2.24) is 14.7 Å². The Labute approximate surface area is 131 Å². The van der Waals surface area contributed by atoms with Gasteiger partial charge >= 0.3 is 0 Å². The molecule has 118 valence electrons. The lowest BCUT2D eigenvalue weighted by Crippen LogP contribution is -2.35. The van der Waals surface area contributed by atoms with Crippen LogP contribution in [0.25, 0.3) is 0 Å². The van der Waals surface area contributed by atoms with Gasteiger partial charge in [0.2, 0.25) is 0 Å². The standard InChI is InChI=1S/C17H24N4O/c1-14-3-4-15(13-21-7-9-22-10-8-21)11-17(14)18-12-16-5-6-20(2)19-16/h3-6,11,18H,7-10,12-13H2,1-2H3. The summed E-state index contributed by atoms with van der Waals surface area (Å²) in [7, 11) is 1.94. The van der Waals surface area contributed by atoms with E-state index in [1.54, 1.807) is 0 Å². The van der Waals surface area contributed by atoms with Crippen LogP contribution in [0.2, 0.25) is 0 Å². The number of aromatic nitrogens is 2. The van der Waals surface area contributed by atoms with Gasteiger partial charge in [-0.2, -0.15) is 5.10 Å². The van der Waals surface area contributed by atoms with Gasteiger partial charge in [0.25, 0.3) is 0 Å². The highest BCUT2D eigenvalue weighted by Crippen LogP contribution is 2.19. The Bertz CT molecular complexity index is 617. The number of hydrogen-bond acceptors (Lipinski definition) is 4. The molecule has 0 spiro atoms. The molecule has 2 heterocycles. The zero-order chi connectivity index (χ0) is 15.4. The topological polar surface area (TPSA) is 42.3 Å². The number of morpholine rings is 1. The third kappa shape index (κ3) is 3.87. The second kappa shape index (κ2) is 6.94. The first-order chi connectivity index (χ1) is 10.7. The molecule has 1 aromatic heterocycles. The maximum atomic E-state index is 5.41. The lowest BCUT2D eigenvalue weighted by atomic mass is 10.1. The molecule has 3 rings (SSSR count). The molecule has 1 fully saturated rings. The molecule has 0 amide bonds. The van der Waals surface area contributed by atoms with E-state index in [1.165, 1.54) is 16.8 Å². The van der Waals surface area contributed by atoms with Gasteiger partial charge in [-0.25, -0.2) is 0 Å². The van der Waals surface area contributed by atoms with Gasteiger partial charge < -0.3 is 10.1 Å². The third-order valence-electron chi connectivity index (χ3n) is 4.04. The molecule has 0 unspecified atom stereocenters. The first-order valence-corrected chi connectivity index (χ1v) is 7.83. The molecule has 1 aliphatic rings. The van der Waals surface area contributed by atoms with Crippen LogP contribution in [0.5, 0.6) is 0 Å². The van der Waals surface area contributed by atoms with Crippen molar-refractivity contribution in [2.75, 3.05) is 31.6 Å².